The highest BCUT2D eigenvalue weighted by Gasteiger charge is 2.39. The number of carboxylic acid groups (broad SMARTS) is 1. The lowest BCUT2D eigenvalue weighted by Gasteiger charge is -2.35. The summed E-state index contributed by atoms with van der Waals surface area (Å²) < 4.78 is 39.8. The summed E-state index contributed by atoms with van der Waals surface area (Å²) in [5.41, 5.74) is 0. The summed E-state index contributed by atoms with van der Waals surface area (Å²) in [7, 11) is -4.12. The van der Waals surface area contributed by atoms with Crippen LogP contribution in [-0.4, -0.2) is 36.4 Å². The van der Waals surface area contributed by atoms with E-state index in [1.165, 1.54) is 0 Å². The summed E-state index contributed by atoms with van der Waals surface area (Å²) in [6.07, 6.45) is 0.806. The zero-order valence-corrected chi connectivity index (χ0v) is 13.9. The highest BCUT2D eigenvalue weighted by atomic mass is 35.5. The number of carbonyl (C=O) groups is 1. The zero-order valence-electron chi connectivity index (χ0n) is 11.6. The van der Waals surface area contributed by atoms with Crippen molar-refractivity contribution in [3.05, 3.63) is 28.0 Å². The molecule has 1 aliphatic rings. The van der Waals surface area contributed by atoms with E-state index in [2.05, 4.69) is 0 Å². The Labute approximate surface area is 137 Å². The van der Waals surface area contributed by atoms with Crippen LogP contribution in [0.3, 0.4) is 0 Å². The van der Waals surface area contributed by atoms with Crippen molar-refractivity contribution in [2.24, 2.45) is 5.92 Å². The van der Waals surface area contributed by atoms with E-state index in [1.807, 2.05) is 0 Å². The van der Waals surface area contributed by atoms with Gasteiger partial charge in [-0.25, -0.2) is 12.8 Å². The van der Waals surface area contributed by atoms with Crippen molar-refractivity contribution >= 4 is 39.2 Å². The second-order valence-electron chi connectivity index (χ2n) is 5.23. The van der Waals surface area contributed by atoms with Crippen LogP contribution in [0.15, 0.2) is 17.0 Å². The van der Waals surface area contributed by atoms with E-state index in [9.17, 15) is 17.6 Å². The van der Waals surface area contributed by atoms with Gasteiger partial charge in [0, 0.05) is 12.6 Å². The second-order valence-corrected chi connectivity index (χ2v) is 7.88. The minimum atomic E-state index is -4.12. The van der Waals surface area contributed by atoms with Crippen LogP contribution in [0.25, 0.3) is 0 Å². The van der Waals surface area contributed by atoms with Gasteiger partial charge in [-0.1, -0.05) is 23.2 Å². The fourth-order valence-corrected chi connectivity index (χ4v) is 5.35. The number of piperidine rings is 1. The maximum atomic E-state index is 13.2. The molecule has 9 heteroatoms. The standard InChI is InChI=1S/C13H14Cl2FNO4S/c1-7-2-3-8(13(18)19)6-17(7)22(20,21)12-10(14)4-9(16)5-11(12)15/h4-5,7-8H,2-3,6H2,1H3,(H,18,19). The normalized spacial score (nSPS) is 23.5. The molecule has 0 radical (unpaired) electrons. The Morgan fingerprint density at radius 1 is 1.32 bits per heavy atom. The number of rotatable bonds is 3. The van der Waals surface area contributed by atoms with Crippen molar-refractivity contribution in [1.29, 1.82) is 0 Å². The first kappa shape index (κ1) is 17.5. The first-order valence-corrected chi connectivity index (χ1v) is 8.73. The van der Waals surface area contributed by atoms with Gasteiger partial charge in [-0.2, -0.15) is 4.31 Å². The largest absolute Gasteiger partial charge is 0.481 e. The van der Waals surface area contributed by atoms with E-state index >= 15 is 0 Å². The second kappa shape index (κ2) is 6.31. The van der Waals surface area contributed by atoms with Crippen LogP contribution < -0.4 is 0 Å². The molecule has 2 unspecified atom stereocenters. The van der Waals surface area contributed by atoms with E-state index in [0.29, 0.717) is 12.8 Å². The Kier molecular flexibility index (Phi) is 5.01. The van der Waals surface area contributed by atoms with Crippen molar-refractivity contribution in [3.8, 4) is 0 Å². The number of sulfonamides is 1. The van der Waals surface area contributed by atoms with E-state index in [1.54, 1.807) is 6.92 Å². The minimum Gasteiger partial charge on any atom is -0.481 e. The third kappa shape index (κ3) is 3.22. The topological polar surface area (TPSA) is 74.7 Å². The van der Waals surface area contributed by atoms with Gasteiger partial charge in [-0.05, 0) is 31.9 Å². The molecule has 0 spiro atoms. The van der Waals surface area contributed by atoms with Gasteiger partial charge in [0.25, 0.3) is 0 Å². The molecule has 1 N–H and O–H groups in total. The Morgan fingerprint density at radius 2 is 1.86 bits per heavy atom. The summed E-state index contributed by atoms with van der Waals surface area (Å²) in [6.45, 7) is 1.52. The Bertz CT molecular complexity index is 687. The lowest BCUT2D eigenvalue weighted by molar-refractivity contribution is -0.143. The van der Waals surface area contributed by atoms with E-state index in [-0.39, 0.29) is 16.6 Å². The third-order valence-electron chi connectivity index (χ3n) is 3.70. The molecule has 1 saturated heterocycles. The quantitative estimate of drug-likeness (QED) is 0.888. The molecule has 1 aliphatic heterocycles. The van der Waals surface area contributed by atoms with Crippen LogP contribution in [-0.2, 0) is 14.8 Å². The number of hydrogen-bond acceptors (Lipinski definition) is 3. The van der Waals surface area contributed by atoms with Crippen LogP contribution >= 0.6 is 23.2 Å². The maximum absolute atomic E-state index is 13.2. The Morgan fingerprint density at radius 3 is 2.36 bits per heavy atom. The van der Waals surface area contributed by atoms with Crippen LogP contribution in [0.1, 0.15) is 19.8 Å². The minimum absolute atomic E-state index is 0.164. The lowest BCUT2D eigenvalue weighted by atomic mass is 9.96. The van der Waals surface area contributed by atoms with Crippen molar-refractivity contribution < 1.29 is 22.7 Å². The fraction of sp³-hybridized carbons (Fsp3) is 0.462. The van der Waals surface area contributed by atoms with Crippen molar-refractivity contribution in [2.75, 3.05) is 6.54 Å². The van der Waals surface area contributed by atoms with Crippen LogP contribution in [0.2, 0.25) is 10.0 Å². The molecule has 22 heavy (non-hydrogen) atoms. The molecule has 1 aromatic carbocycles. The van der Waals surface area contributed by atoms with Crippen LogP contribution in [0.4, 0.5) is 4.39 Å². The maximum Gasteiger partial charge on any atom is 0.307 e. The molecule has 122 valence electrons. The number of hydrogen-bond donors (Lipinski definition) is 1. The van der Waals surface area contributed by atoms with Gasteiger partial charge in [-0.3, -0.25) is 4.79 Å². The predicted molar refractivity (Wildman–Crippen MR) is 80.1 cm³/mol. The van der Waals surface area contributed by atoms with Crippen molar-refractivity contribution in [1.82, 2.24) is 4.31 Å². The summed E-state index contributed by atoms with van der Waals surface area (Å²) in [5, 5.41) is 8.45. The van der Waals surface area contributed by atoms with Crippen molar-refractivity contribution in [3.63, 3.8) is 0 Å². The third-order valence-corrected chi connectivity index (χ3v) is 6.61. The van der Waals surface area contributed by atoms with Gasteiger partial charge in [0.2, 0.25) is 10.0 Å². The summed E-state index contributed by atoms with van der Waals surface area (Å²) in [6, 6.07) is 1.34. The van der Waals surface area contributed by atoms with Gasteiger partial charge in [0.15, 0.2) is 0 Å². The lowest BCUT2D eigenvalue weighted by Crippen LogP contribution is -2.47. The molecule has 5 nitrogen and oxygen atoms in total. The first-order chi connectivity index (χ1) is 10.1. The Balaban J connectivity index is 2.47. The van der Waals surface area contributed by atoms with Gasteiger partial charge in [-0.15, -0.1) is 0 Å². The van der Waals surface area contributed by atoms with Gasteiger partial charge >= 0.3 is 5.97 Å². The molecular formula is C13H14Cl2FNO4S. The predicted octanol–water partition coefficient (Wildman–Crippen LogP) is 3.01. The number of nitrogens with zero attached hydrogens (tertiary/aromatic N) is 1. The highest BCUT2D eigenvalue weighted by Crippen LogP contribution is 2.36. The van der Waals surface area contributed by atoms with Gasteiger partial charge in [0.1, 0.15) is 10.7 Å². The zero-order chi connectivity index (χ0) is 16.7. The average Bonchev–Trinajstić information content (AvgIpc) is 2.36. The number of carboxylic acids is 1. The van der Waals surface area contributed by atoms with Gasteiger partial charge < -0.3 is 5.11 Å². The number of halogens is 3. The smallest absolute Gasteiger partial charge is 0.307 e. The molecule has 1 heterocycles. The molecule has 0 bridgehead atoms. The van der Waals surface area contributed by atoms with Crippen LogP contribution in [0, 0.1) is 11.7 Å². The number of benzene rings is 1. The average molecular weight is 370 g/mol. The molecule has 0 aromatic heterocycles. The summed E-state index contributed by atoms with van der Waals surface area (Å²) >= 11 is 11.7. The van der Waals surface area contributed by atoms with Gasteiger partial charge in [0.05, 0.1) is 16.0 Å². The van der Waals surface area contributed by atoms with Crippen LogP contribution in [0.5, 0.6) is 0 Å². The molecule has 0 amide bonds. The van der Waals surface area contributed by atoms with E-state index in [4.69, 9.17) is 28.3 Å². The van der Waals surface area contributed by atoms with E-state index in [0.717, 1.165) is 16.4 Å². The number of aliphatic carboxylic acids is 1. The molecule has 0 saturated carbocycles. The molecule has 2 rings (SSSR count). The SMILES string of the molecule is CC1CCC(C(=O)O)CN1S(=O)(=O)c1c(Cl)cc(F)cc1Cl. The highest BCUT2D eigenvalue weighted by molar-refractivity contribution is 7.89. The summed E-state index contributed by atoms with van der Waals surface area (Å²) in [4.78, 5) is 10.7. The monoisotopic (exact) mass is 369 g/mol. The molecule has 1 fully saturated rings. The molecule has 0 aliphatic carbocycles. The van der Waals surface area contributed by atoms with Crippen molar-refractivity contribution in [2.45, 2.75) is 30.7 Å². The molecular weight excluding hydrogens is 356 g/mol. The van der Waals surface area contributed by atoms with E-state index < -0.39 is 38.7 Å². The summed E-state index contributed by atoms with van der Waals surface area (Å²) in [5.74, 6) is -2.59. The first-order valence-electron chi connectivity index (χ1n) is 6.53. The Hall–Kier alpha value is -0.890. The molecule has 1 aromatic rings. The molecule has 2 atom stereocenters. The fourth-order valence-electron chi connectivity index (χ4n) is 2.50.